The van der Waals surface area contributed by atoms with Crippen molar-refractivity contribution in [3.8, 4) is 11.4 Å². The highest BCUT2D eigenvalue weighted by atomic mass is 16.4. The minimum atomic E-state index is -1.02. The fraction of sp³-hybridized carbons (Fsp3) is 0.333. The molecular weight excluding hydrogens is 552 g/mol. The average molecular weight is 589 g/mol. The Hall–Kier alpha value is -4.72. The van der Waals surface area contributed by atoms with Crippen LogP contribution in [0.25, 0.3) is 28.5 Å². The number of hydrogen-bond donors (Lipinski definition) is 3. The van der Waals surface area contributed by atoms with Crippen LogP contribution in [0, 0.1) is 11.8 Å². The molecule has 3 fully saturated rings. The highest BCUT2D eigenvalue weighted by Gasteiger charge is 2.43. The van der Waals surface area contributed by atoms with Crippen LogP contribution in [0.1, 0.15) is 73.3 Å². The van der Waals surface area contributed by atoms with Gasteiger partial charge in [-0.15, -0.1) is 0 Å². The summed E-state index contributed by atoms with van der Waals surface area (Å²) in [6.07, 6.45) is 10.4. The molecule has 224 valence electrons. The number of aliphatic carboxylic acids is 1. The molecule has 3 atom stereocenters. The second-order valence-corrected chi connectivity index (χ2v) is 12.6. The third-order valence-electron chi connectivity index (χ3n) is 9.85. The molecule has 0 spiro atoms. The lowest BCUT2D eigenvalue weighted by Gasteiger charge is -2.29. The van der Waals surface area contributed by atoms with Crippen molar-refractivity contribution in [2.75, 3.05) is 5.32 Å². The standard InChI is InChI=1S/C36H36N4O4/c41-32(42)17-11-23-9-14-28(15-10-23)37-35(44)36(18-4-5-19-36)39-34(43)27-13-16-30-29(22-27)38-33(25-6-2-1-3-7-25)40(30)31-21-24-8-12-26(31)20-24/h1-3,6-7,9-11,13-17,22,24,26,31H,4-5,8,12,18-21H2,(H,37,44)(H,39,43)(H,41,42)/b17-11+/t24-,26+,31?/m1/s1. The number of benzene rings is 3. The Morgan fingerprint density at radius 3 is 2.39 bits per heavy atom. The molecular formula is C36H36N4O4. The molecule has 3 N–H and O–H groups in total. The fourth-order valence-corrected chi connectivity index (χ4v) is 7.67. The lowest BCUT2D eigenvalue weighted by atomic mass is 9.94. The molecule has 7 rings (SSSR count). The van der Waals surface area contributed by atoms with Crippen molar-refractivity contribution >= 4 is 40.6 Å². The largest absolute Gasteiger partial charge is 0.478 e. The van der Waals surface area contributed by atoms with Crippen molar-refractivity contribution in [3.63, 3.8) is 0 Å². The zero-order chi connectivity index (χ0) is 30.3. The van der Waals surface area contributed by atoms with E-state index in [0.29, 0.717) is 41.6 Å². The van der Waals surface area contributed by atoms with Gasteiger partial charge in [-0.2, -0.15) is 0 Å². The van der Waals surface area contributed by atoms with E-state index in [2.05, 4.69) is 27.3 Å². The van der Waals surface area contributed by atoms with E-state index in [1.54, 1.807) is 24.3 Å². The van der Waals surface area contributed by atoms with Gasteiger partial charge in [-0.3, -0.25) is 9.59 Å². The van der Waals surface area contributed by atoms with Crippen LogP contribution in [0.3, 0.4) is 0 Å². The van der Waals surface area contributed by atoms with E-state index in [1.807, 2.05) is 36.4 Å². The van der Waals surface area contributed by atoms with Gasteiger partial charge in [-0.1, -0.05) is 61.7 Å². The Morgan fingerprint density at radius 1 is 0.932 bits per heavy atom. The molecule has 2 bridgehead atoms. The van der Waals surface area contributed by atoms with Crippen molar-refractivity contribution < 1.29 is 19.5 Å². The number of rotatable bonds is 8. The Bertz CT molecular complexity index is 1750. The van der Waals surface area contributed by atoms with Gasteiger partial charge >= 0.3 is 5.97 Å². The SMILES string of the molecule is O=C(O)/C=C/c1ccc(NC(=O)C2(NC(=O)c3ccc4c(c3)nc(-c3ccccc3)n4C3C[C@@H]4CC[C@H]3C4)CCCC2)cc1. The first-order valence-electron chi connectivity index (χ1n) is 15.6. The monoisotopic (exact) mass is 588 g/mol. The lowest BCUT2D eigenvalue weighted by Crippen LogP contribution is -2.55. The molecule has 1 heterocycles. The minimum Gasteiger partial charge on any atom is -0.478 e. The summed E-state index contributed by atoms with van der Waals surface area (Å²) in [4.78, 5) is 43.2. The maximum atomic E-state index is 13.7. The lowest BCUT2D eigenvalue weighted by molar-refractivity contribution is -0.131. The molecule has 2 amide bonds. The number of nitrogens with one attached hydrogen (secondary N) is 2. The van der Waals surface area contributed by atoms with Crippen LogP contribution in [0.15, 0.2) is 78.9 Å². The van der Waals surface area contributed by atoms with Gasteiger partial charge in [-0.05, 0) is 85.9 Å². The van der Waals surface area contributed by atoms with E-state index < -0.39 is 11.5 Å². The van der Waals surface area contributed by atoms with E-state index in [4.69, 9.17) is 10.1 Å². The zero-order valence-corrected chi connectivity index (χ0v) is 24.5. The zero-order valence-electron chi connectivity index (χ0n) is 24.5. The van der Waals surface area contributed by atoms with Crippen LogP contribution in [-0.4, -0.2) is 38.0 Å². The van der Waals surface area contributed by atoms with Gasteiger partial charge in [0.1, 0.15) is 11.4 Å². The van der Waals surface area contributed by atoms with Crippen LogP contribution >= 0.6 is 0 Å². The van der Waals surface area contributed by atoms with E-state index in [1.165, 1.54) is 31.8 Å². The molecule has 0 saturated heterocycles. The number of anilines is 1. The second-order valence-electron chi connectivity index (χ2n) is 12.6. The maximum Gasteiger partial charge on any atom is 0.328 e. The van der Waals surface area contributed by atoms with Crippen LogP contribution in [0.4, 0.5) is 5.69 Å². The summed E-state index contributed by atoms with van der Waals surface area (Å²) < 4.78 is 2.42. The number of nitrogens with zero attached hydrogens (tertiary/aromatic N) is 2. The molecule has 3 saturated carbocycles. The van der Waals surface area contributed by atoms with E-state index >= 15 is 0 Å². The average Bonchev–Trinajstić information content (AvgIpc) is 3.85. The predicted octanol–water partition coefficient (Wildman–Crippen LogP) is 6.84. The number of aromatic nitrogens is 2. The molecule has 3 aromatic carbocycles. The molecule has 1 unspecified atom stereocenters. The quantitative estimate of drug-likeness (QED) is 0.195. The van der Waals surface area contributed by atoms with E-state index in [-0.39, 0.29) is 11.8 Å². The number of carboxylic acid groups (broad SMARTS) is 1. The third-order valence-corrected chi connectivity index (χ3v) is 9.85. The summed E-state index contributed by atoms with van der Waals surface area (Å²) in [5.74, 6) is 0.856. The molecule has 3 aliphatic carbocycles. The fourth-order valence-electron chi connectivity index (χ4n) is 7.67. The Labute approximate surface area is 256 Å². The van der Waals surface area contributed by atoms with Gasteiger partial charge < -0.3 is 20.3 Å². The molecule has 8 nitrogen and oxygen atoms in total. The summed E-state index contributed by atoms with van der Waals surface area (Å²) in [6, 6.07) is 23.4. The minimum absolute atomic E-state index is 0.245. The van der Waals surface area contributed by atoms with Crippen LogP contribution < -0.4 is 10.6 Å². The van der Waals surface area contributed by atoms with Crippen molar-refractivity contribution in [1.29, 1.82) is 0 Å². The molecule has 1 aromatic heterocycles. The first-order chi connectivity index (χ1) is 21.4. The van der Waals surface area contributed by atoms with Gasteiger partial charge in [-0.25, -0.2) is 9.78 Å². The Balaban J connectivity index is 1.14. The highest BCUT2D eigenvalue weighted by molar-refractivity contribution is 6.05. The molecule has 0 radical (unpaired) electrons. The third kappa shape index (κ3) is 5.29. The van der Waals surface area contributed by atoms with E-state index in [0.717, 1.165) is 47.3 Å². The number of carbonyl (C=O) groups excluding carboxylic acids is 2. The van der Waals surface area contributed by atoms with Crippen molar-refractivity contribution in [2.45, 2.75) is 62.9 Å². The second kappa shape index (κ2) is 11.4. The molecule has 8 heteroatoms. The molecule has 0 aliphatic heterocycles. The molecule has 44 heavy (non-hydrogen) atoms. The van der Waals surface area contributed by atoms with Gasteiger partial charge in [0, 0.05) is 28.9 Å². The number of amides is 2. The van der Waals surface area contributed by atoms with Gasteiger partial charge in [0.05, 0.1) is 11.0 Å². The summed E-state index contributed by atoms with van der Waals surface area (Å²) in [5, 5.41) is 14.9. The van der Waals surface area contributed by atoms with Crippen LogP contribution in [-0.2, 0) is 9.59 Å². The summed E-state index contributed by atoms with van der Waals surface area (Å²) in [7, 11) is 0. The van der Waals surface area contributed by atoms with Crippen LogP contribution in [0.5, 0.6) is 0 Å². The maximum absolute atomic E-state index is 13.7. The summed E-state index contributed by atoms with van der Waals surface area (Å²) in [5.41, 5.74) is 3.69. The van der Waals surface area contributed by atoms with Crippen molar-refractivity contribution in [1.82, 2.24) is 14.9 Å². The number of imidazole rings is 1. The number of hydrogen-bond acceptors (Lipinski definition) is 4. The molecule has 4 aromatic rings. The van der Waals surface area contributed by atoms with E-state index in [9.17, 15) is 14.4 Å². The number of fused-ring (bicyclic) bond motifs is 3. The van der Waals surface area contributed by atoms with Gasteiger partial charge in [0.15, 0.2) is 0 Å². The molecule has 3 aliphatic rings. The van der Waals surface area contributed by atoms with Gasteiger partial charge in [0.2, 0.25) is 5.91 Å². The summed E-state index contributed by atoms with van der Waals surface area (Å²) in [6.45, 7) is 0. The Morgan fingerprint density at radius 2 is 1.70 bits per heavy atom. The smallest absolute Gasteiger partial charge is 0.328 e. The summed E-state index contributed by atoms with van der Waals surface area (Å²) >= 11 is 0. The normalized spacial score (nSPS) is 22.0. The highest BCUT2D eigenvalue weighted by Crippen LogP contribution is 2.52. The van der Waals surface area contributed by atoms with Crippen molar-refractivity contribution in [2.24, 2.45) is 11.8 Å². The predicted molar refractivity (Wildman–Crippen MR) is 170 cm³/mol. The Kier molecular flexibility index (Phi) is 7.28. The van der Waals surface area contributed by atoms with Crippen LogP contribution in [0.2, 0.25) is 0 Å². The first kappa shape index (κ1) is 28.1. The van der Waals surface area contributed by atoms with Gasteiger partial charge in [0.25, 0.3) is 5.91 Å². The topological polar surface area (TPSA) is 113 Å². The number of carboxylic acids is 1. The number of carbonyl (C=O) groups is 3. The first-order valence-corrected chi connectivity index (χ1v) is 15.6. The van der Waals surface area contributed by atoms with Crippen molar-refractivity contribution in [3.05, 3.63) is 90.0 Å².